The van der Waals surface area contributed by atoms with Gasteiger partial charge in [-0.3, -0.25) is 4.79 Å². The molecule has 0 radical (unpaired) electrons. The van der Waals surface area contributed by atoms with Crippen LogP contribution in [0.5, 0.6) is 0 Å². The number of rotatable bonds is 8. The first-order valence-corrected chi connectivity index (χ1v) is 11.8. The second-order valence-electron chi connectivity index (χ2n) is 7.86. The van der Waals surface area contributed by atoms with E-state index < -0.39 is 62.4 Å². The average molecular weight is 527 g/mol. The Labute approximate surface area is 203 Å². The third-order valence-electron chi connectivity index (χ3n) is 5.35. The van der Waals surface area contributed by atoms with Gasteiger partial charge in [-0.1, -0.05) is 42.5 Å². The molecule has 11 heteroatoms. The van der Waals surface area contributed by atoms with Crippen molar-refractivity contribution in [2.75, 3.05) is 0 Å². The van der Waals surface area contributed by atoms with Crippen molar-refractivity contribution >= 4 is 21.9 Å². The Kier molecular flexibility index (Phi) is 8.05. The molecule has 0 aliphatic heterocycles. The summed E-state index contributed by atoms with van der Waals surface area (Å²) in [5.41, 5.74) is 1.09. The summed E-state index contributed by atoms with van der Waals surface area (Å²) in [6, 6.07) is 9.35. The van der Waals surface area contributed by atoms with E-state index in [0.29, 0.717) is 15.4 Å². The molecular formula is C25H19F6NO3S. The number of halogens is 6. The number of carbonyl (C=O) groups excluding carboxylic acids is 1. The van der Waals surface area contributed by atoms with Crippen LogP contribution in [0.3, 0.4) is 0 Å². The molecule has 0 fully saturated rings. The molecule has 0 aromatic heterocycles. The summed E-state index contributed by atoms with van der Waals surface area (Å²) in [5.74, 6) is -13.1. The van der Waals surface area contributed by atoms with Gasteiger partial charge in [0, 0.05) is 12.6 Å². The number of nitrogens with zero attached hydrogens (tertiary/aromatic N) is 1. The third kappa shape index (κ3) is 5.52. The number of ketones is 1. The number of sulfonamides is 1. The van der Waals surface area contributed by atoms with Crippen LogP contribution in [-0.2, 0) is 21.4 Å². The van der Waals surface area contributed by atoms with E-state index in [1.54, 1.807) is 12.1 Å². The number of allylic oxidation sites excluding steroid dienone is 1. The molecule has 3 aromatic carbocycles. The Morgan fingerprint density at radius 2 is 1.33 bits per heavy atom. The minimum atomic E-state index is -5.33. The van der Waals surface area contributed by atoms with Crippen LogP contribution in [0.2, 0.25) is 0 Å². The number of benzene rings is 3. The van der Waals surface area contributed by atoms with Gasteiger partial charge in [0.25, 0.3) is 0 Å². The molecule has 0 heterocycles. The van der Waals surface area contributed by atoms with Gasteiger partial charge in [0.05, 0.1) is 0 Å². The highest BCUT2D eigenvalue weighted by molar-refractivity contribution is 7.89. The minimum Gasteiger partial charge on any atom is -0.295 e. The maximum Gasteiger partial charge on any atom is 0.250 e. The van der Waals surface area contributed by atoms with Crippen LogP contribution in [-0.4, -0.2) is 18.5 Å². The second-order valence-corrected chi connectivity index (χ2v) is 9.69. The monoisotopic (exact) mass is 527 g/mol. The molecule has 0 amide bonds. The van der Waals surface area contributed by atoms with Gasteiger partial charge in [0.2, 0.25) is 15.8 Å². The highest BCUT2D eigenvalue weighted by atomic mass is 32.2. The van der Waals surface area contributed by atoms with E-state index >= 15 is 0 Å². The molecular weight excluding hydrogens is 508 g/mol. The van der Waals surface area contributed by atoms with E-state index in [1.807, 2.05) is 0 Å². The summed E-state index contributed by atoms with van der Waals surface area (Å²) in [6.45, 7) is 2.14. The maximum absolute atomic E-state index is 14.5. The Bertz CT molecular complexity index is 1390. The zero-order chi connectivity index (χ0) is 26.8. The lowest BCUT2D eigenvalue weighted by molar-refractivity contribution is -0.112. The SMILES string of the molecule is CC(=O)/C=C/c1ccc(CN(C(C)c2ccc(F)cc2)S(=O)(=O)c2c(F)c(F)c(F)c(F)c2F)cc1. The molecule has 0 spiro atoms. The third-order valence-corrected chi connectivity index (χ3v) is 7.29. The van der Waals surface area contributed by atoms with Crippen molar-refractivity contribution < 1.29 is 39.6 Å². The summed E-state index contributed by atoms with van der Waals surface area (Å²) in [4.78, 5) is 9.12. The molecule has 36 heavy (non-hydrogen) atoms. The Hall–Kier alpha value is -3.44. The summed E-state index contributed by atoms with van der Waals surface area (Å²) in [5, 5.41) is 0. The van der Waals surface area contributed by atoms with Crippen LogP contribution in [0, 0.1) is 34.9 Å². The predicted molar refractivity (Wildman–Crippen MR) is 120 cm³/mol. The topological polar surface area (TPSA) is 54.5 Å². The average Bonchev–Trinajstić information content (AvgIpc) is 2.84. The van der Waals surface area contributed by atoms with E-state index in [-0.39, 0.29) is 11.3 Å². The van der Waals surface area contributed by atoms with Gasteiger partial charge in [-0.05, 0) is 48.7 Å². The van der Waals surface area contributed by atoms with Crippen molar-refractivity contribution in [1.29, 1.82) is 0 Å². The van der Waals surface area contributed by atoms with Crippen molar-refractivity contribution in [2.24, 2.45) is 0 Å². The van der Waals surface area contributed by atoms with Crippen LogP contribution in [0.1, 0.15) is 36.6 Å². The molecule has 1 unspecified atom stereocenters. The van der Waals surface area contributed by atoms with Gasteiger partial charge in [-0.25, -0.2) is 34.8 Å². The highest BCUT2D eigenvalue weighted by Gasteiger charge is 2.39. The van der Waals surface area contributed by atoms with Crippen LogP contribution in [0.4, 0.5) is 26.3 Å². The summed E-state index contributed by atoms with van der Waals surface area (Å²) >= 11 is 0. The van der Waals surface area contributed by atoms with Gasteiger partial charge >= 0.3 is 0 Å². The summed E-state index contributed by atoms with van der Waals surface area (Å²) in [7, 11) is -5.33. The van der Waals surface area contributed by atoms with E-state index in [1.165, 1.54) is 50.3 Å². The van der Waals surface area contributed by atoms with Crippen LogP contribution >= 0.6 is 0 Å². The fourth-order valence-electron chi connectivity index (χ4n) is 3.39. The molecule has 0 saturated carbocycles. The van der Waals surface area contributed by atoms with Gasteiger partial charge in [0.1, 0.15) is 5.82 Å². The van der Waals surface area contributed by atoms with Gasteiger partial charge in [-0.15, -0.1) is 0 Å². The van der Waals surface area contributed by atoms with E-state index in [9.17, 15) is 39.6 Å². The Morgan fingerprint density at radius 1 is 0.833 bits per heavy atom. The Balaban J connectivity index is 2.13. The van der Waals surface area contributed by atoms with Crippen molar-refractivity contribution in [2.45, 2.75) is 31.3 Å². The second kappa shape index (κ2) is 10.7. The first-order valence-electron chi connectivity index (χ1n) is 10.4. The van der Waals surface area contributed by atoms with Crippen molar-refractivity contribution in [3.8, 4) is 0 Å². The quantitative estimate of drug-likeness (QED) is 0.155. The van der Waals surface area contributed by atoms with Crippen LogP contribution in [0.25, 0.3) is 6.08 Å². The molecule has 3 aromatic rings. The fourth-order valence-corrected chi connectivity index (χ4v) is 5.12. The van der Waals surface area contributed by atoms with Crippen molar-refractivity contribution in [3.63, 3.8) is 0 Å². The standard InChI is InChI=1S/C25H19F6NO3S/c1-14(33)3-4-16-5-7-17(8-6-16)13-32(15(2)18-9-11-19(26)12-10-18)36(34,35)25-23(30)21(28)20(27)22(29)24(25)31/h3-12,15H,13H2,1-2H3/b4-3+. The lowest BCUT2D eigenvalue weighted by Crippen LogP contribution is -2.35. The van der Waals surface area contributed by atoms with Gasteiger partial charge in [-0.2, -0.15) is 4.31 Å². The first kappa shape index (κ1) is 27.2. The Morgan fingerprint density at radius 3 is 1.83 bits per heavy atom. The summed E-state index contributed by atoms with van der Waals surface area (Å²) in [6.07, 6.45) is 2.82. The van der Waals surface area contributed by atoms with Gasteiger partial charge < -0.3 is 0 Å². The van der Waals surface area contributed by atoms with Crippen molar-refractivity contribution in [1.82, 2.24) is 4.31 Å². The lowest BCUT2D eigenvalue weighted by Gasteiger charge is -2.29. The van der Waals surface area contributed by atoms with Gasteiger partial charge in [0.15, 0.2) is 33.9 Å². The van der Waals surface area contributed by atoms with Crippen LogP contribution < -0.4 is 0 Å². The maximum atomic E-state index is 14.5. The van der Waals surface area contributed by atoms with E-state index in [0.717, 1.165) is 12.1 Å². The molecule has 1 atom stereocenters. The predicted octanol–water partition coefficient (Wildman–Crippen LogP) is 6.08. The first-order chi connectivity index (χ1) is 16.8. The van der Waals surface area contributed by atoms with Crippen LogP contribution in [0.15, 0.2) is 59.5 Å². The molecule has 0 saturated heterocycles. The largest absolute Gasteiger partial charge is 0.295 e. The highest BCUT2D eigenvalue weighted by Crippen LogP contribution is 2.34. The van der Waals surface area contributed by atoms with Crippen molar-refractivity contribution in [3.05, 3.63) is 106 Å². The lowest BCUT2D eigenvalue weighted by atomic mass is 10.1. The fraction of sp³-hybridized carbons (Fsp3) is 0.160. The molecule has 0 N–H and O–H groups in total. The molecule has 0 aliphatic carbocycles. The molecule has 0 aliphatic rings. The number of carbonyl (C=O) groups is 1. The normalized spacial score (nSPS) is 12.9. The smallest absolute Gasteiger partial charge is 0.250 e. The summed E-state index contributed by atoms with van der Waals surface area (Å²) < 4.78 is 111. The van der Waals surface area contributed by atoms with E-state index in [4.69, 9.17) is 0 Å². The minimum absolute atomic E-state index is 0.199. The van der Waals surface area contributed by atoms with E-state index in [2.05, 4.69) is 0 Å². The molecule has 0 bridgehead atoms. The number of hydrogen-bond acceptors (Lipinski definition) is 3. The zero-order valence-corrected chi connectivity index (χ0v) is 19.7. The number of hydrogen-bond donors (Lipinski definition) is 0. The molecule has 190 valence electrons. The zero-order valence-electron chi connectivity index (χ0n) is 18.9. The molecule has 3 rings (SSSR count). The molecule has 4 nitrogen and oxygen atoms in total.